The van der Waals surface area contributed by atoms with Gasteiger partial charge in [-0.15, -0.1) is 0 Å². The third kappa shape index (κ3) is 3.38. The molecule has 1 fully saturated rings. The highest BCUT2D eigenvalue weighted by atomic mass is 19.4. The molecular weight excluding hydrogens is 265 g/mol. The Morgan fingerprint density at radius 3 is 2.40 bits per heavy atom. The number of hydrogen-bond acceptors (Lipinski definition) is 2. The van der Waals surface area contributed by atoms with Gasteiger partial charge in [-0.1, -0.05) is 13.8 Å². The molecular formula is C15H21F3N2. The Morgan fingerprint density at radius 1 is 1.15 bits per heavy atom. The average Bonchev–Trinajstić information content (AvgIpc) is 2.35. The van der Waals surface area contributed by atoms with Crippen LogP contribution < -0.4 is 11.1 Å². The molecule has 0 heterocycles. The summed E-state index contributed by atoms with van der Waals surface area (Å²) >= 11 is 0. The highest BCUT2D eigenvalue weighted by Gasteiger charge is 2.31. The van der Waals surface area contributed by atoms with Gasteiger partial charge in [0.1, 0.15) is 0 Å². The first-order valence-corrected chi connectivity index (χ1v) is 7.00. The van der Waals surface area contributed by atoms with E-state index in [9.17, 15) is 13.2 Å². The third-order valence-corrected chi connectivity index (χ3v) is 4.34. The van der Waals surface area contributed by atoms with Crippen molar-refractivity contribution < 1.29 is 13.2 Å². The molecule has 2 nitrogen and oxygen atoms in total. The van der Waals surface area contributed by atoms with Crippen LogP contribution in [0, 0.1) is 11.8 Å². The zero-order valence-corrected chi connectivity index (χ0v) is 11.8. The number of nitrogens with one attached hydrogen (secondary N) is 1. The Bertz CT molecular complexity index is 471. The lowest BCUT2D eigenvalue weighted by atomic mass is 9.79. The molecule has 20 heavy (non-hydrogen) atoms. The van der Waals surface area contributed by atoms with Gasteiger partial charge in [0, 0.05) is 6.04 Å². The number of hydrogen-bond donors (Lipinski definition) is 2. The number of nitrogen functional groups attached to an aromatic ring is 1. The van der Waals surface area contributed by atoms with E-state index in [4.69, 9.17) is 5.73 Å². The van der Waals surface area contributed by atoms with Gasteiger partial charge in [0.05, 0.1) is 16.9 Å². The second-order valence-electron chi connectivity index (χ2n) is 5.91. The number of nitrogens with two attached hydrogens (primary N) is 1. The number of alkyl halides is 3. The average molecular weight is 286 g/mol. The maximum absolute atomic E-state index is 12.6. The van der Waals surface area contributed by atoms with Gasteiger partial charge in [0.15, 0.2) is 0 Å². The molecule has 0 radical (unpaired) electrons. The van der Waals surface area contributed by atoms with E-state index in [1.807, 2.05) is 0 Å². The summed E-state index contributed by atoms with van der Waals surface area (Å²) in [5.74, 6) is 1.33. The van der Waals surface area contributed by atoms with E-state index >= 15 is 0 Å². The molecule has 5 heteroatoms. The Balaban J connectivity index is 2.07. The Hall–Kier alpha value is -1.39. The van der Waals surface area contributed by atoms with Gasteiger partial charge >= 0.3 is 6.18 Å². The number of halogens is 3. The van der Waals surface area contributed by atoms with E-state index in [-0.39, 0.29) is 5.69 Å². The van der Waals surface area contributed by atoms with Crippen LogP contribution in [0.15, 0.2) is 18.2 Å². The van der Waals surface area contributed by atoms with Crippen molar-refractivity contribution in [3.63, 3.8) is 0 Å². The largest absolute Gasteiger partial charge is 0.416 e. The van der Waals surface area contributed by atoms with Crippen LogP contribution in [0.25, 0.3) is 0 Å². The van der Waals surface area contributed by atoms with Crippen molar-refractivity contribution in [3.05, 3.63) is 23.8 Å². The second kappa shape index (κ2) is 5.54. The van der Waals surface area contributed by atoms with Crippen molar-refractivity contribution in [2.24, 2.45) is 11.8 Å². The van der Waals surface area contributed by atoms with Crippen LogP contribution in [-0.2, 0) is 6.18 Å². The van der Waals surface area contributed by atoms with E-state index in [0.717, 1.165) is 31.4 Å². The normalized spacial score (nSPS) is 27.4. The standard InChI is InChI=1S/C15H21F3N2/c1-9-3-5-12(7-10(9)2)20-14-6-4-11(8-13(14)19)15(16,17)18/h4,6,8-10,12,20H,3,5,7,19H2,1-2H3. The summed E-state index contributed by atoms with van der Waals surface area (Å²) in [5, 5.41) is 3.29. The third-order valence-electron chi connectivity index (χ3n) is 4.34. The molecule has 3 N–H and O–H groups in total. The highest BCUT2D eigenvalue weighted by Crippen LogP contribution is 2.35. The van der Waals surface area contributed by atoms with Crippen LogP contribution in [0.4, 0.5) is 24.5 Å². The van der Waals surface area contributed by atoms with E-state index < -0.39 is 11.7 Å². The second-order valence-corrected chi connectivity index (χ2v) is 5.91. The molecule has 3 atom stereocenters. The zero-order valence-electron chi connectivity index (χ0n) is 11.8. The Morgan fingerprint density at radius 2 is 1.85 bits per heavy atom. The molecule has 1 aromatic carbocycles. The predicted octanol–water partition coefficient (Wildman–Crippen LogP) is 4.52. The van der Waals surface area contributed by atoms with Crippen LogP contribution in [0.2, 0.25) is 0 Å². The summed E-state index contributed by atoms with van der Waals surface area (Å²) in [7, 11) is 0. The first-order valence-electron chi connectivity index (χ1n) is 7.00. The first kappa shape index (κ1) is 15.0. The SMILES string of the molecule is CC1CCC(Nc2ccc(C(F)(F)F)cc2N)CC1C. The molecule has 1 saturated carbocycles. The maximum atomic E-state index is 12.6. The lowest BCUT2D eigenvalue weighted by Gasteiger charge is -2.33. The van der Waals surface area contributed by atoms with Gasteiger partial charge in [0.2, 0.25) is 0 Å². The van der Waals surface area contributed by atoms with Crippen LogP contribution >= 0.6 is 0 Å². The summed E-state index contributed by atoms with van der Waals surface area (Å²) in [6.45, 7) is 4.46. The van der Waals surface area contributed by atoms with Crippen molar-refractivity contribution in [2.75, 3.05) is 11.1 Å². The van der Waals surface area contributed by atoms with Crippen LogP contribution in [0.5, 0.6) is 0 Å². The lowest BCUT2D eigenvalue weighted by molar-refractivity contribution is -0.137. The predicted molar refractivity (Wildman–Crippen MR) is 75.4 cm³/mol. The summed E-state index contributed by atoms with van der Waals surface area (Å²) in [6.07, 6.45) is -1.14. The number of rotatable bonds is 2. The topological polar surface area (TPSA) is 38.0 Å². The highest BCUT2D eigenvalue weighted by molar-refractivity contribution is 5.67. The minimum atomic E-state index is -4.35. The molecule has 1 aliphatic rings. The van der Waals surface area contributed by atoms with Crippen LogP contribution in [-0.4, -0.2) is 6.04 Å². The minimum absolute atomic E-state index is 0.158. The molecule has 0 aromatic heterocycles. The first-order chi connectivity index (χ1) is 9.27. The Kier molecular flexibility index (Phi) is 4.16. The van der Waals surface area contributed by atoms with Gasteiger partial charge < -0.3 is 11.1 Å². The lowest BCUT2D eigenvalue weighted by Crippen LogP contribution is -2.30. The van der Waals surface area contributed by atoms with Crippen molar-refractivity contribution >= 4 is 11.4 Å². The van der Waals surface area contributed by atoms with Crippen molar-refractivity contribution in [2.45, 2.75) is 45.3 Å². The molecule has 2 rings (SSSR count). The van der Waals surface area contributed by atoms with E-state index in [1.165, 1.54) is 6.07 Å². The molecule has 0 spiro atoms. The molecule has 3 unspecified atom stereocenters. The monoisotopic (exact) mass is 286 g/mol. The van der Waals surface area contributed by atoms with Gasteiger partial charge in [0.25, 0.3) is 0 Å². The summed E-state index contributed by atoms with van der Waals surface area (Å²) < 4.78 is 37.7. The number of benzene rings is 1. The van der Waals surface area contributed by atoms with Crippen LogP contribution in [0.1, 0.15) is 38.7 Å². The van der Waals surface area contributed by atoms with E-state index in [2.05, 4.69) is 19.2 Å². The summed E-state index contributed by atoms with van der Waals surface area (Å²) in [5.41, 5.74) is 5.79. The van der Waals surface area contributed by atoms with Gasteiger partial charge in [-0.3, -0.25) is 0 Å². The van der Waals surface area contributed by atoms with Crippen LogP contribution in [0.3, 0.4) is 0 Å². The quantitative estimate of drug-likeness (QED) is 0.784. The minimum Gasteiger partial charge on any atom is -0.397 e. The molecule has 1 aliphatic carbocycles. The summed E-state index contributed by atoms with van der Waals surface area (Å²) in [4.78, 5) is 0. The molecule has 0 aliphatic heterocycles. The van der Waals surface area contributed by atoms with Gasteiger partial charge in [-0.05, 0) is 49.3 Å². The Labute approximate surface area is 117 Å². The fraction of sp³-hybridized carbons (Fsp3) is 0.600. The van der Waals surface area contributed by atoms with E-state index in [1.54, 1.807) is 0 Å². The number of anilines is 2. The van der Waals surface area contributed by atoms with Gasteiger partial charge in [-0.2, -0.15) is 13.2 Å². The smallest absolute Gasteiger partial charge is 0.397 e. The van der Waals surface area contributed by atoms with Crippen molar-refractivity contribution in [1.82, 2.24) is 0 Å². The molecule has 0 saturated heterocycles. The summed E-state index contributed by atoms with van der Waals surface area (Å²) in [6, 6.07) is 3.80. The zero-order chi connectivity index (χ0) is 14.9. The molecule has 112 valence electrons. The molecule has 0 bridgehead atoms. The molecule has 1 aromatic rings. The fourth-order valence-corrected chi connectivity index (χ4v) is 2.77. The fourth-order valence-electron chi connectivity index (χ4n) is 2.77. The van der Waals surface area contributed by atoms with Crippen molar-refractivity contribution in [1.29, 1.82) is 0 Å². The van der Waals surface area contributed by atoms with Gasteiger partial charge in [-0.25, -0.2) is 0 Å². The maximum Gasteiger partial charge on any atom is 0.416 e. The molecule has 0 amide bonds. The van der Waals surface area contributed by atoms with E-state index in [0.29, 0.717) is 23.6 Å². The van der Waals surface area contributed by atoms with Crippen molar-refractivity contribution in [3.8, 4) is 0 Å².